The summed E-state index contributed by atoms with van der Waals surface area (Å²) in [5.41, 5.74) is 5.48. The number of hydrogen-bond acceptors (Lipinski definition) is 8. The van der Waals surface area contributed by atoms with Crippen molar-refractivity contribution in [2.45, 2.75) is 12.2 Å². The molecular weight excluding hydrogens is 214 g/mol. The van der Waals surface area contributed by atoms with Crippen molar-refractivity contribution >= 4 is 11.9 Å². The van der Waals surface area contributed by atoms with Crippen molar-refractivity contribution in [3.63, 3.8) is 0 Å². The van der Waals surface area contributed by atoms with Crippen LogP contribution in [0.4, 0.5) is 11.9 Å². The lowest BCUT2D eigenvalue weighted by molar-refractivity contribution is 0.0572. The average molecular weight is 227 g/mol. The van der Waals surface area contributed by atoms with Gasteiger partial charge in [0.15, 0.2) is 0 Å². The quantitative estimate of drug-likeness (QED) is 0.531. The minimum Gasteiger partial charge on any atom is -0.467 e. The summed E-state index contributed by atoms with van der Waals surface area (Å²) in [5, 5.41) is 18.8. The highest BCUT2D eigenvalue weighted by Crippen LogP contribution is 2.18. The molecule has 1 aromatic rings. The maximum Gasteiger partial charge on any atom is 0.322 e. The number of rotatable bonds is 2. The number of β-amino-alcohol motifs (C(OH)–C–C–N with tert-alkyl or cyclic N) is 2. The van der Waals surface area contributed by atoms with Crippen molar-refractivity contribution in [3.05, 3.63) is 0 Å². The summed E-state index contributed by atoms with van der Waals surface area (Å²) in [6, 6.07) is 0.110. The number of nitrogens with zero attached hydrogens (tertiary/aromatic N) is 4. The lowest BCUT2D eigenvalue weighted by Crippen LogP contribution is -2.24. The van der Waals surface area contributed by atoms with Gasteiger partial charge in [-0.2, -0.15) is 15.0 Å². The number of methoxy groups -OCH3 is 1. The van der Waals surface area contributed by atoms with Crippen LogP contribution in [0.1, 0.15) is 0 Å². The van der Waals surface area contributed by atoms with Crippen molar-refractivity contribution in [3.8, 4) is 6.01 Å². The maximum atomic E-state index is 9.40. The van der Waals surface area contributed by atoms with Gasteiger partial charge in [0.2, 0.25) is 11.9 Å². The van der Waals surface area contributed by atoms with E-state index in [1.165, 1.54) is 7.11 Å². The molecule has 8 nitrogen and oxygen atoms in total. The molecular formula is C8H13N5O3. The van der Waals surface area contributed by atoms with Gasteiger partial charge in [0.25, 0.3) is 0 Å². The smallest absolute Gasteiger partial charge is 0.322 e. The zero-order chi connectivity index (χ0) is 11.7. The highest BCUT2D eigenvalue weighted by Gasteiger charge is 2.31. The fourth-order valence-electron chi connectivity index (χ4n) is 1.53. The van der Waals surface area contributed by atoms with Crippen molar-refractivity contribution in [1.82, 2.24) is 15.0 Å². The molecule has 2 rings (SSSR count). The van der Waals surface area contributed by atoms with E-state index in [9.17, 15) is 10.2 Å². The second-order valence-corrected chi connectivity index (χ2v) is 3.52. The number of nitrogens with two attached hydrogens (primary N) is 1. The van der Waals surface area contributed by atoms with Crippen molar-refractivity contribution in [1.29, 1.82) is 0 Å². The highest BCUT2D eigenvalue weighted by molar-refractivity contribution is 5.38. The van der Waals surface area contributed by atoms with Gasteiger partial charge in [0.1, 0.15) is 0 Å². The maximum absolute atomic E-state index is 9.40. The van der Waals surface area contributed by atoms with Crippen LogP contribution in [0.3, 0.4) is 0 Å². The fourth-order valence-corrected chi connectivity index (χ4v) is 1.53. The molecule has 0 amide bonds. The molecule has 4 N–H and O–H groups in total. The Morgan fingerprint density at radius 1 is 1.25 bits per heavy atom. The number of aromatic nitrogens is 3. The molecule has 16 heavy (non-hydrogen) atoms. The second-order valence-electron chi connectivity index (χ2n) is 3.52. The Morgan fingerprint density at radius 2 is 1.88 bits per heavy atom. The van der Waals surface area contributed by atoms with Crippen LogP contribution in [-0.2, 0) is 0 Å². The predicted octanol–water partition coefficient (Wildman–Crippen LogP) is -2.00. The van der Waals surface area contributed by atoms with Crippen molar-refractivity contribution in [2.75, 3.05) is 30.8 Å². The standard InChI is InChI=1S/C8H13N5O3/c1-16-8-11-6(9)10-7(12-8)13-2-4(14)5(15)3-13/h4-5,14-15H,2-3H2,1H3,(H2,9,10,11,12). The second kappa shape index (κ2) is 4.06. The van der Waals surface area contributed by atoms with Gasteiger partial charge in [-0.25, -0.2) is 0 Å². The van der Waals surface area contributed by atoms with Gasteiger partial charge in [0.05, 0.1) is 19.3 Å². The van der Waals surface area contributed by atoms with Crippen LogP contribution < -0.4 is 15.4 Å². The van der Waals surface area contributed by atoms with Gasteiger partial charge in [-0.1, -0.05) is 0 Å². The summed E-state index contributed by atoms with van der Waals surface area (Å²) in [6.45, 7) is 0.515. The van der Waals surface area contributed by atoms with Crippen LogP contribution in [0.25, 0.3) is 0 Å². The van der Waals surface area contributed by atoms with Gasteiger partial charge < -0.3 is 25.6 Å². The Hall–Kier alpha value is -1.67. The monoisotopic (exact) mass is 227 g/mol. The molecule has 8 heteroatoms. The largest absolute Gasteiger partial charge is 0.467 e. The molecule has 2 heterocycles. The van der Waals surface area contributed by atoms with Gasteiger partial charge in [-0.15, -0.1) is 0 Å². The van der Waals surface area contributed by atoms with Gasteiger partial charge in [-0.05, 0) is 0 Å². The minimum absolute atomic E-state index is 0.0396. The Kier molecular flexibility index (Phi) is 2.75. The van der Waals surface area contributed by atoms with E-state index in [1.54, 1.807) is 4.90 Å². The van der Waals surface area contributed by atoms with Crippen molar-refractivity contribution < 1.29 is 14.9 Å². The number of aliphatic hydroxyl groups is 2. The van der Waals surface area contributed by atoms with E-state index in [-0.39, 0.29) is 25.0 Å². The molecule has 0 saturated carbocycles. The van der Waals surface area contributed by atoms with E-state index in [4.69, 9.17) is 10.5 Å². The molecule has 1 aliphatic rings. The van der Waals surface area contributed by atoms with Crippen molar-refractivity contribution in [2.24, 2.45) is 0 Å². The third kappa shape index (κ3) is 1.97. The molecule has 88 valence electrons. The van der Waals surface area contributed by atoms with E-state index >= 15 is 0 Å². The van der Waals surface area contributed by atoms with Crippen LogP contribution in [0, 0.1) is 0 Å². The molecule has 1 saturated heterocycles. The first-order valence-corrected chi connectivity index (χ1v) is 4.76. The molecule has 1 aromatic heterocycles. The average Bonchev–Trinajstić information content (AvgIpc) is 2.58. The Morgan fingerprint density at radius 3 is 2.44 bits per heavy atom. The zero-order valence-corrected chi connectivity index (χ0v) is 8.74. The van der Waals surface area contributed by atoms with Crippen LogP contribution >= 0.6 is 0 Å². The third-order valence-electron chi connectivity index (χ3n) is 2.34. The molecule has 0 aliphatic carbocycles. The first-order chi connectivity index (χ1) is 7.60. The highest BCUT2D eigenvalue weighted by atomic mass is 16.5. The molecule has 1 aliphatic heterocycles. The molecule has 0 bridgehead atoms. The predicted molar refractivity (Wildman–Crippen MR) is 55.0 cm³/mol. The molecule has 2 unspecified atom stereocenters. The van der Waals surface area contributed by atoms with E-state index in [2.05, 4.69) is 15.0 Å². The van der Waals surface area contributed by atoms with E-state index in [0.29, 0.717) is 5.95 Å². The Balaban J connectivity index is 2.24. The van der Waals surface area contributed by atoms with E-state index in [0.717, 1.165) is 0 Å². The molecule has 0 spiro atoms. The van der Waals surface area contributed by atoms with E-state index < -0.39 is 12.2 Å². The van der Waals surface area contributed by atoms with Crippen LogP contribution in [0.5, 0.6) is 6.01 Å². The van der Waals surface area contributed by atoms with Crippen LogP contribution in [0.2, 0.25) is 0 Å². The number of aliphatic hydroxyl groups excluding tert-OH is 2. The lowest BCUT2D eigenvalue weighted by atomic mass is 10.3. The summed E-state index contributed by atoms with van der Waals surface area (Å²) in [6.07, 6.45) is -1.60. The number of anilines is 2. The molecule has 0 radical (unpaired) electrons. The number of nitrogen functional groups attached to an aromatic ring is 1. The van der Waals surface area contributed by atoms with Gasteiger partial charge in [0, 0.05) is 13.1 Å². The normalized spacial score (nSPS) is 24.8. The topological polar surface area (TPSA) is 118 Å². The Labute approximate surface area is 91.7 Å². The summed E-state index contributed by atoms with van der Waals surface area (Å²) >= 11 is 0. The first-order valence-electron chi connectivity index (χ1n) is 4.76. The molecule has 0 aromatic carbocycles. The zero-order valence-electron chi connectivity index (χ0n) is 8.74. The summed E-state index contributed by atoms with van der Waals surface area (Å²) in [4.78, 5) is 13.3. The van der Waals surface area contributed by atoms with Crippen LogP contribution in [0.15, 0.2) is 0 Å². The molecule has 1 fully saturated rings. The number of ether oxygens (including phenoxy) is 1. The molecule has 2 atom stereocenters. The summed E-state index contributed by atoms with van der Waals surface area (Å²) in [7, 11) is 1.42. The summed E-state index contributed by atoms with van der Waals surface area (Å²) < 4.78 is 4.86. The third-order valence-corrected chi connectivity index (χ3v) is 2.34. The van der Waals surface area contributed by atoms with Crippen LogP contribution in [-0.4, -0.2) is 57.6 Å². The van der Waals surface area contributed by atoms with Gasteiger partial charge in [-0.3, -0.25) is 0 Å². The van der Waals surface area contributed by atoms with Gasteiger partial charge >= 0.3 is 6.01 Å². The Bertz CT molecular complexity index is 378. The lowest BCUT2D eigenvalue weighted by Gasteiger charge is -2.15. The number of hydrogen-bond donors (Lipinski definition) is 3. The first kappa shape index (κ1) is 10.8. The SMILES string of the molecule is COc1nc(N)nc(N2CC(O)C(O)C2)n1. The fraction of sp³-hybridized carbons (Fsp3) is 0.625. The minimum atomic E-state index is -0.802. The van der Waals surface area contributed by atoms with E-state index in [1.807, 2.05) is 0 Å². The summed E-state index contributed by atoms with van der Waals surface area (Å²) in [5.74, 6) is 0.331.